The number of pyridine rings is 1. The minimum absolute atomic E-state index is 0.653. The van der Waals surface area contributed by atoms with Gasteiger partial charge in [0.25, 0.3) is 0 Å². The summed E-state index contributed by atoms with van der Waals surface area (Å²) in [6, 6.07) is 13.3. The smallest absolute Gasteiger partial charge is 0.223 e. The van der Waals surface area contributed by atoms with Crippen molar-refractivity contribution in [2.24, 2.45) is 5.92 Å². The first-order valence-corrected chi connectivity index (χ1v) is 10.5. The summed E-state index contributed by atoms with van der Waals surface area (Å²) < 4.78 is 1.84. The molecule has 0 bridgehead atoms. The van der Waals surface area contributed by atoms with E-state index in [2.05, 4.69) is 64.1 Å². The van der Waals surface area contributed by atoms with Crippen LogP contribution in [0.15, 0.2) is 48.8 Å². The Morgan fingerprint density at radius 2 is 1.42 bits per heavy atom. The number of benzene rings is 1. The third-order valence-electron chi connectivity index (χ3n) is 5.51. The maximum absolute atomic E-state index is 5.94. The molecule has 1 aromatic carbocycles. The van der Waals surface area contributed by atoms with Gasteiger partial charge in [-0.3, -0.25) is 4.84 Å². The standard InChI is InChI=1S/C24H36NO/c1-5-9-10-20(6-2)19-26-25-17-15-24(16-18-25)23-13-11-22(12-14-23)21(7-3)8-4/h11-18,20-21H,5-10,19H2,1-4H3/q+1. The topological polar surface area (TPSA) is 13.1 Å². The van der Waals surface area contributed by atoms with Crippen molar-refractivity contribution >= 4 is 0 Å². The summed E-state index contributed by atoms with van der Waals surface area (Å²) in [5.41, 5.74) is 3.95. The first-order valence-electron chi connectivity index (χ1n) is 10.5. The van der Waals surface area contributed by atoms with Gasteiger partial charge >= 0.3 is 0 Å². The summed E-state index contributed by atoms with van der Waals surface area (Å²) in [6.07, 6.45) is 11.4. The van der Waals surface area contributed by atoms with E-state index in [4.69, 9.17) is 4.84 Å². The number of hydrogen-bond acceptors (Lipinski definition) is 1. The zero-order valence-electron chi connectivity index (χ0n) is 17.1. The molecule has 0 aliphatic heterocycles. The van der Waals surface area contributed by atoms with E-state index in [1.807, 2.05) is 17.1 Å². The van der Waals surface area contributed by atoms with Crippen LogP contribution in [-0.2, 0) is 0 Å². The van der Waals surface area contributed by atoms with Gasteiger partial charge in [-0.1, -0.05) is 64.8 Å². The molecule has 2 heteroatoms. The fourth-order valence-corrected chi connectivity index (χ4v) is 3.49. The maximum Gasteiger partial charge on any atom is 0.223 e. The normalized spacial score (nSPS) is 12.3. The van der Waals surface area contributed by atoms with Gasteiger partial charge in [0.1, 0.15) is 0 Å². The Morgan fingerprint density at radius 1 is 0.808 bits per heavy atom. The molecule has 2 nitrogen and oxygen atoms in total. The highest BCUT2D eigenvalue weighted by atomic mass is 16.7. The second-order valence-electron chi connectivity index (χ2n) is 7.29. The number of nitrogens with zero attached hydrogens (tertiary/aromatic N) is 1. The highest BCUT2D eigenvalue weighted by Crippen LogP contribution is 2.26. The van der Waals surface area contributed by atoms with Crippen LogP contribution in [0.5, 0.6) is 0 Å². The monoisotopic (exact) mass is 354 g/mol. The molecule has 0 saturated heterocycles. The Kier molecular flexibility index (Phi) is 8.67. The summed E-state index contributed by atoms with van der Waals surface area (Å²) in [7, 11) is 0. The molecule has 26 heavy (non-hydrogen) atoms. The molecular weight excluding hydrogens is 318 g/mol. The molecule has 0 spiro atoms. The SMILES string of the molecule is CCCCC(CC)CO[n+]1ccc(-c2ccc(C(CC)CC)cc2)cc1. The molecule has 142 valence electrons. The second kappa shape index (κ2) is 11.0. The lowest BCUT2D eigenvalue weighted by molar-refractivity contribution is -0.892. The van der Waals surface area contributed by atoms with Crippen LogP contribution in [0.2, 0.25) is 0 Å². The third-order valence-corrected chi connectivity index (χ3v) is 5.51. The molecule has 0 N–H and O–H groups in total. The minimum Gasteiger partial charge on any atom is -0.271 e. The van der Waals surface area contributed by atoms with Gasteiger partial charge in [0.2, 0.25) is 12.4 Å². The summed E-state index contributed by atoms with van der Waals surface area (Å²) >= 11 is 0. The van der Waals surface area contributed by atoms with Crippen molar-refractivity contribution in [1.82, 2.24) is 0 Å². The maximum atomic E-state index is 5.94. The van der Waals surface area contributed by atoms with Gasteiger partial charge < -0.3 is 0 Å². The Morgan fingerprint density at radius 3 is 1.96 bits per heavy atom. The first-order chi connectivity index (χ1) is 12.7. The van der Waals surface area contributed by atoms with Crippen LogP contribution in [0.3, 0.4) is 0 Å². The van der Waals surface area contributed by atoms with E-state index in [0.29, 0.717) is 11.8 Å². The molecule has 1 aromatic heterocycles. The van der Waals surface area contributed by atoms with Gasteiger partial charge in [-0.05, 0) is 54.2 Å². The molecular formula is C24H36NO+. The van der Waals surface area contributed by atoms with E-state index in [1.54, 1.807) is 0 Å². The van der Waals surface area contributed by atoms with Crippen molar-refractivity contribution in [3.63, 3.8) is 0 Å². The molecule has 0 amide bonds. The molecule has 1 atom stereocenters. The molecule has 1 heterocycles. The van der Waals surface area contributed by atoms with Crippen molar-refractivity contribution in [2.45, 2.75) is 72.1 Å². The van der Waals surface area contributed by atoms with Crippen LogP contribution in [0.1, 0.15) is 77.7 Å². The number of unbranched alkanes of at least 4 members (excludes halogenated alkanes) is 1. The number of aromatic nitrogens is 1. The fraction of sp³-hybridized carbons (Fsp3) is 0.542. The van der Waals surface area contributed by atoms with Gasteiger partial charge in [-0.25, -0.2) is 0 Å². The molecule has 2 aromatic rings. The molecule has 0 radical (unpaired) electrons. The Hall–Kier alpha value is -1.83. The van der Waals surface area contributed by atoms with Crippen molar-refractivity contribution in [3.05, 3.63) is 54.4 Å². The average molecular weight is 355 g/mol. The van der Waals surface area contributed by atoms with E-state index in [1.165, 1.54) is 55.2 Å². The number of hydrogen-bond donors (Lipinski definition) is 0. The minimum atomic E-state index is 0.653. The lowest BCUT2D eigenvalue weighted by Crippen LogP contribution is -2.43. The zero-order valence-corrected chi connectivity index (χ0v) is 17.1. The quantitative estimate of drug-likeness (QED) is 0.438. The van der Waals surface area contributed by atoms with Gasteiger partial charge in [0, 0.05) is 16.9 Å². The van der Waals surface area contributed by atoms with E-state index < -0.39 is 0 Å². The van der Waals surface area contributed by atoms with Crippen LogP contribution in [0, 0.1) is 5.92 Å². The largest absolute Gasteiger partial charge is 0.271 e. The van der Waals surface area contributed by atoms with Crippen molar-refractivity contribution in [3.8, 4) is 11.1 Å². The Bertz CT molecular complexity index is 614. The second-order valence-corrected chi connectivity index (χ2v) is 7.29. The summed E-state index contributed by atoms with van der Waals surface area (Å²) in [5.74, 6) is 1.33. The van der Waals surface area contributed by atoms with E-state index in [-0.39, 0.29) is 0 Å². The molecule has 0 aliphatic rings. The van der Waals surface area contributed by atoms with Crippen LogP contribution >= 0.6 is 0 Å². The highest BCUT2D eigenvalue weighted by Gasteiger charge is 2.11. The average Bonchev–Trinajstić information content (AvgIpc) is 2.70. The van der Waals surface area contributed by atoms with Crippen LogP contribution < -0.4 is 9.57 Å². The molecule has 2 rings (SSSR count). The van der Waals surface area contributed by atoms with Crippen molar-refractivity contribution in [1.29, 1.82) is 0 Å². The summed E-state index contributed by atoms with van der Waals surface area (Å²) in [4.78, 5) is 5.94. The van der Waals surface area contributed by atoms with Crippen LogP contribution in [0.4, 0.5) is 0 Å². The fourth-order valence-electron chi connectivity index (χ4n) is 3.49. The number of rotatable bonds is 11. The Labute approximate surface area is 160 Å². The predicted octanol–water partition coefficient (Wildman–Crippen LogP) is 6.19. The van der Waals surface area contributed by atoms with Gasteiger partial charge in [-0.2, -0.15) is 0 Å². The van der Waals surface area contributed by atoms with Crippen molar-refractivity contribution < 1.29 is 9.57 Å². The molecule has 0 fully saturated rings. The Balaban J connectivity index is 1.96. The molecule has 1 unspecified atom stereocenters. The molecule has 0 saturated carbocycles. The van der Waals surface area contributed by atoms with Gasteiger partial charge in [-0.15, -0.1) is 0 Å². The molecule has 0 aliphatic carbocycles. The zero-order chi connectivity index (χ0) is 18.8. The van der Waals surface area contributed by atoms with E-state index >= 15 is 0 Å². The van der Waals surface area contributed by atoms with E-state index in [9.17, 15) is 0 Å². The van der Waals surface area contributed by atoms with E-state index in [0.717, 1.165) is 6.61 Å². The van der Waals surface area contributed by atoms with Crippen LogP contribution in [0.25, 0.3) is 11.1 Å². The highest BCUT2D eigenvalue weighted by molar-refractivity contribution is 5.62. The summed E-state index contributed by atoms with van der Waals surface area (Å²) in [6.45, 7) is 9.83. The lowest BCUT2D eigenvalue weighted by atomic mass is 9.92. The summed E-state index contributed by atoms with van der Waals surface area (Å²) in [5, 5.41) is 0. The van der Waals surface area contributed by atoms with Crippen LogP contribution in [-0.4, -0.2) is 6.61 Å². The van der Waals surface area contributed by atoms with Gasteiger partial charge in [0.15, 0.2) is 6.61 Å². The first kappa shape index (κ1) is 20.5. The third kappa shape index (κ3) is 5.86. The lowest BCUT2D eigenvalue weighted by Gasteiger charge is -2.13. The van der Waals surface area contributed by atoms with Gasteiger partial charge in [0.05, 0.1) is 0 Å². The van der Waals surface area contributed by atoms with Crippen molar-refractivity contribution in [2.75, 3.05) is 6.61 Å². The predicted molar refractivity (Wildman–Crippen MR) is 110 cm³/mol.